The number of hydrogen-bond donors (Lipinski definition) is 1. The van der Waals surface area contributed by atoms with E-state index in [9.17, 15) is 4.79 Å². The van der Waals surface area contributed by atoms with E-state index in [4.69, 9.17) is 14.6 Å². The Hall–Kier alpha value is -2.23. The molecule has 0 radical (unpaired) electrons. The highest BCUT2D eigenvalue weighted by Crippen LogP contribution is 2.25. The topological polar surface area (TPSA) is 55.8 Å². The van der Waals surface area contributed by atoms with Crippen molar-refractivity contribution in [2.24, 2.45) is 0 Å². The molecule has 0 spiro atoms. The fourth-order valence-electron chi connectivity index (χ4n) is 1.42. The van der Waals surface area contributed by atoms with Crippen LogP contribution < -0.4 is 9.47 Å². The van der Waals surface area contributed by atoms with E-state index in [1.54, 1.807) is 39.4 Å². The average Bonchev–Trinajstić information content (AvgIpc) is 2.35. The summed E-state index contributed by atoms with van der Waals surface area (Å²) in [7, 11) is 3.16. The van der Waals surface area contributed by atoms with Crippen molar-refractivity contribution in [1.29, 1.82) is 0 Å². The molecule has 1 rings (SSSR count). The third kappa shape index (κ3) is 3.97. The summed E-state index contributed by atoms with van der Waals surface area (Å²) < 4.78 is 10.3. The molecule has 4 nitrogen and oxygen atoms in total. The van der Waals surface area contributed by atoms with Crippen LogP contribution in [-0.2, 0) is 4.79 Å². The molecule has 1 aromatic rings. The van der Waals surface area contributed by atoms with Gasteiger partial charge in [-0.1, -0.05) is 12.2 Å². The van der Waals surface area contributed by atoms with Crippen LogP contribution in [0.25, 0.3) is 6.08 Å². The summed E-state index contributed by atoms with van der Waals surface area (Å²) in [5.74, 6) is 0.425. The number of carbonyl (C=O) groups is 1. The van der Waals surface area contributed by atoms with Crippen LogP contribution in [0.3, 0.4) is 0 Å². The van der Waals surface area contributed by atoms with Crippen molar-refractivity contribution < 1.29 is 19.4 Å². The molecule has 0 aromatic heterocycles. The van der Waals surface area contributed by atoms with Crippen LogP contribution in [0.2, 0.25) is 0 Å². The van der Waals surface area contributed by atoms with Gasteiger partial charge in [0.25, 0.3) is 0 Å². The highest BCUT2D eigenvalue weighted by atomic mass is 16.5. The summed E-state index contributed by atoms with van der Waals surface area (Å²) >= 11 is 0. The molecule has 0 amide bonds. The van der Waals surface area contributed by atoms with Crippen LogP contribution in [-0.4, -0.2) is 25.3 Å². The lowest BCUT2D eigenvalue weighted by Gasteiger charge is -2.07. The van der Waals surface area contributed by atoms with Gasteiger partial charge < -0.3 is 14.6 Å². The minimum Gasteiger partial charge on any atom is -0.497 e. The molecular formula is C14H16O4. The number of aliphatic carboxylic acids is 1. The number of carboxylic acid groups (broad SMARTS) is 1. The molecule has 4 heteroatoms. The Labute approximate surface area is 106 Å². The molecule has 0 unspecified atom stereocenters. The summed E-state index contributed by atoms with van der Waals surface area (Å²) in [6.07, 6.45) is 4.66. The lowest BCUT2D eigenvalue weighted by atomic mass is 10.1. The van der Waals surface area contributed by atoms with E-state index in [1.165, 1.54) is 0 Å². The monoisotopic (exact) mass is 248 g/mol. The Morgan fingerprint density at radius 3 is 2.56 bits per heavy atom. The molecule has 0 saturated carbocycles. The quantitative estimate of drug-likeness (QED) is 0.643. The standard InChI is InChI=1S/C14H16O4/c1-10(8-14(15)16)4-5-11-6-7-12(17-2)9-13(11)18-3/h4-9H,1-3H3,(H,15,16). The molecule has 0 heterocycles. The van der Waals surface area contributed by atoms with Gasteiger partial charge in [-0.2, -0.15) is 0 Å². The molecule has 0 atom stereocenters. The minimum atomic E-state index is -0.959. The summed E-state index contributed by atoms with van der Waals surface area (Å²) in [5, 5.41) is 8.60. The second-order valence-electron chi connectivity index (χ2n) is 3.67. The average molecular weight is 248 g/mol. The van der Waals surface area contributed by atoms with E-state index >= 15 is 0 Å². The minimum absolute atomic E-state index is 0.653. The highest BCUT2D eigenvalue weighted by Gasteiger charge is 2.01. The molecule has 96 valence electrons. The third-order valence-electron chi connectivity index (χ3n) is 2.32. The first-order valence-electron chi connectivity index (χ1n) is 5.38. The van der Waals surface area contributed by atoms with Crippen molar-refractivity contribution in [3.63, 3.8) is 0 Å². The molecule has 0 fully saturated rings. The molecule has 0 saturated heterocycles. The fourth-order valence-corrected chi connectivity index (χ4v) is 1.42. The Morgan fingerprint density at radius 1 is 1.28 bits per heavy atom. The number of rotatable bonds is 5. The number of allylic oxidation sites excluding steroid dienone is 2. The van der Waals surface area contributed by atoms with Gasteiger partial charge in [-0.15, -0.1) is 0 Å². The van der Waals surface area contributed by atoms with Crippen molar-refractivity contribution in [1.82, 2.24) is 0 Å². The van der Waals surface area contributed by atoms with Gasteiger partial charge >= 0.3 is 5.97 Å². The zero-order valence-corrected chi connectivity index (χ0v) is 10.6. The Balaban J connectivity index is 2.97. The van der Waals surface area contributed by atoms with Crippen LogP contribution in [0.4, 0.5) is 0 Å². The van der Waals surface area contributed by atoms with Gasteiger partial charge in [0.15, 0.2) is 0 Å². The zero-order valence-electron chi connectivity index (χ0n) is 10.6. The van der Waals surface area contributed by atoms with Gasteiger partial charge in [0.1, 0.15) is 11.5 Å². The van der Waals surface area contributed by atoms with E-state index in [0.717, 1.165) is 11.6 Å². The van der Waals surface area contributed by atoms with E-state index in [2.05, 4.69) is 0 Å². The normalized spacial score (nSPS) is 11.6. The molecule has 0 aliphatic rings. The molecule has 0 aliphatic heterocycles. The molecule has 1 aromatic carbocycles. The first-order chi connectivity index (χ1) is 8.56. The number of benzene rings is 1. The van der Waals surface area contributed by atoms with Crippen molar-refractivity contribution in [3.8, 4) is 11.5 Å². The lowest BCUT2D eigenvalue weighted by Crippen LogP contribution is -1.90. The SMILES string of the molecule is COc1ccc(C=CC(C)=CC(=O)O)c(OC)c1. The summed E-state index contributed by atoms with van der Waals surface area (Å²) in [6, 6.07) is 5.44. The van der Waals surface area contributed by atoms with Crippen LogP contribution in [0.15, 0.2) is 35.9 Å². The Morgan fingerprint density at radius 2 is 2.00 bits per heavy atom. The molecule has 1 N–H and O–H groups in total. The molecule has 0 aliphatic carbocycles. The smallest absolute Gasteiger partial charge is 0.328 e. The van der Waals surface area contributed by atoms with E-state index < -0.39 is 5.97 Å². The predicted octanol–water partition coefficient (Wildman–Crippen LogP) is 2.75. The van der Waals surface area contributed by atoms with Gasteiger partial charge in [0, 0.05) is 17.7 Å². The van der Waals surface area contributed by atoms with Gasteiger partial charge in [0.05, 0.1) is 14.2 Å². The number of methoxy groups -OCH3 is 2. The summed E-state index contributed by atoms with van der Waals surface area (Å²) in [6.45, 7) is 1.72. The molecule has 0 bridgehead atoms. The van der Waals surface area contributed by atoms with Crippen molar-refractivity contribution >= 4 is 12.0 Å². The van der Waals surface area contributed by atoms with Crippen molar-refractivity contribution in [2.75, 3.05) is 14.2 Å². The van der Waals surface area contributed by atoms with Crippen LogP contribution in [0.1, 0.15) is 12.5 Å². The zero-order chi connectivity index (χ0) is 13.5. The summed E-state index contributed by atoms with van der Waals surface area (Å²) in [5.41, 5.74) is 1.51. The Kier molecular flexibility index (Phi) is 4.99. The van der Waals surface area contributed by atoms with Crippen LogP contribution in [0.5, 0.6) is 11.5 Å². The van der Waals surface area contributed by atoms with Gasteiger partial charge in [-0.3, -0.25) is 0 Å². The van der Waals surface area contributed by atoms with E-state index in [0.29, 0.717) is 17.1 Å². The number of hydrogen-bond acceptors (Lipinski definition) is 3. The first-order valence-corrected chi connectivity index (χ1v) is 5.38. The second-order valence-corrected chi connectivity index (χ2v) is 3.67. The largest absolute Gasteiger partial charge is 0.497 e. The van der Waals surface area contributed by atoms with Gasteiger partial charge in [-0.05, 0) is 24.6 Å². The van der Waals surface area contributed by atoms with Crippen molar-refractivity contribution in [2.45, 2.75) is 6.92 Å². The predicted molar refractivity (Wildman–Crippen MR) is 70.0 cm³/mol. The number of ether oxygens (including phenoxy) is 2. The number of carboxylic acids is 1. The maximum absolute atomic E-state index is 10.5. The maximum atomic E-state index is 10.5. The summed E-state index contributed by atoms with van der Waals surface area (Å²) in [4.78, 5) is 10.5. The van der Waals surface area contributed by atoms with Crippen molar-refractivity contribution in [3.05, 3.63) is 41.5 Å². The lowest BCUT2D eigenvalue weighted by molar-refractivity contribution is -0.131. The Bertz CT molecular complexity index is 487. The van der Waals surface area contributed by atoms with Gasteiger partial charge in [-0.25, -0.2) is 4.79 Å². The molecule has 18 heavy (non-hydrogen) atoms. The van der Waals surface area contributed by atoms with E-state index in [1.807, 2.05) is 12.1 Å². The third-order valence-corrected chi connectivity index (χ3v) is 2.32. The van der Waals surface area contributed by atoms with Gasteiger partial charge in [0.2, 0.25) is 0 Å². The van der Waals surface area contributed by atoms with E-state index in [-0.39, 0.29) is 0 Å². The maximum Gasteiger partial charge on any atom is 0.328 e. The van der Waals surface area contributed by atoms with Crippen LogP contribution >= 0.6 is 0 Å². The van der Waals surface area contributed by atoms with Crippen LogP contribution in [0, 0.1) is 0 Å². The first kappa shape index (κ1) is 13.8. The molecular weight excluding hydrogens is 232 g/mol. The second kappa shape index (κ2) is 6.49. The highest BCUT2D eigenvalue weighted by molar-refractivity contribution is 5.81. The fraction of sp³-hybridized carbons (Fsp3) is 0.214.